The van der Waals surface area contributed by atoms with Gasteiger partial charge in [-0.25, -0.2) is 9.59 Å². The van der Waals surface area contributed by atoms with Crippen molar-refractivity contribution in [2.75, 3.05) is 26.2 Å². The van der Waals surface area contributed by atoms with Gasteiger partial charge in [0.15, 0.2) is 0 Å². The maximum Gasteiger partial charge on any atom is 0.345 e. The van der Waals surface area contributed by atoms with Crippen molar-refractivity contribution in [1.82, 2.24) is 15.1 Å². The van der Waals surface area contributed by atoms with Crippen molar-refractivity contribution in [3.05, 3.63) is 21.9 Å². The molecular formula is C12H13N3O4S. The number of carboxylic acid groups (broad SMARTS) is 1. The van der Waals surface area contributed by atoms with Crippen LogP contribution in [0.4, 0.5) is 4.79 Å². The molecule has 8 heteroatoms. The number of nitrogens with one attached hydrogen (secondary N) is 1. The molecule has 0 aromatic carbocycles. The Morgan fingerprint density at radius 3 is 2.75 bits per heavy atom. The summed E-state index contributed by atoms with van der Waals surface area (Å²) < 4.78 is 0. The quantitative estimate of drug-likeness (QED) is 0.821. The Kier molecular flexibility index (Phi) is 3.09. The first kappa shape index (κ1) is 12.9. The van der Waals surface area contributed by atoms with Crippen LogP contribution in [0.2, 0.25) is 0 Å². The zero-order chi connectivity index (χ0) is 14.3. The van der Waals surface area contributed by atoms with E-state index < -0.39 is 5.97 Å². The Morgan fingerprint density at radius 2 is 2.05 bits per heavy atom. The van der Waals surface area contributed by atoms with E-state index in [9.17, 15) is 14.4 Å². The number of hydrogen-bond acceptors (Lipinski definition) is 4. The van der Waals surface area contributed by atoms with E-state index in [-0.39, 0.29) is 22.9 Å². The molecule has 1 aromatic heterocycles. The van der Waals surface area contributed by atoms with Gasteiger partial charge in [-0.1, -0.05) is 0 Å². The Morgan fingerprint density at radius 1 is 1.30 bits per heavy atom. The lowest BCUT2D eigenvalue weighted by molar-refractivity contribution is 0.0621. The molecule has 0 bridgehead atoms. The summed E-state index contributed by atoms with van der Waals surface area (Å²) in [6.07, 6.45) is 0. The van der Waals surface area contributed by atoms with Gasteiger partial charge < -0.3 is 20.2 Å². The fourth-order valence-corrected chi connectivity index (χ4v) is 3.32. The van der Waals surface area contributed by atoms with E-state index in [4.69, 9.17) is 5.11 Å². The zero-order valence-electron chi connectivity index (χ0n) is 10.5. The smallest absolute Gasteiger partial charge is 0.345 e. The third-order valence-electron chi connectivity index (χ3n) is 3.55. The molecule has 2 fully saturated rings. The van der Waals surface area contributed by atoms with Crippen molar-refractivity contribution in [3.8, 4) is 0 Å². The van der Waals surface area contributed by atoms with Gasteiger partial charge in [-0.15, -0.1) is 11.3 Å². The molecule has 0 radical (unpaired) electrons. The molecule has 3 amide bonds. The fourth-order valence-electron chi connectivity index (χ4n) is 2.51. The number of carboxylic acids is 1. The number of aromatic carboxylic acids is 1. The molecule has 1 unspecified atom stereocenters. The largest absolute Gasteiger partial charge is 0.477 e. The number of piperazine rings is 1. The van der Waals surface area contributed by atoms with Crippen molar-refractivity contribution in [3.63, 3.8) is 0 Å². The van der Waals surface area contributed by atoms with Crippen LogP contribution in [0.5, 0.6) is 0 Å². The van der Waals surface area contributed by atoms with Crippen molar-refractivity contribution in [1.29, 1.82) is 0 Å². The van der Waals surface area contributed by atoms with Crippen LogP contribution in [0.1, 0.15) is 19.3 Å². The molecule has 106 valence electrons. The van der Waals surface area contributed by atoms with Gasteiger partial charge in [0.05, 0.1) is 10.9 Å². The van der Waals surface area contributed by atoms with Gasteiger partial charge in [0, 0.05) is 26.2 Å². The van der Waals surface area contributed by atoms with Gasteiger partial charge in [0.2, 0.25) is 0 Å². The molecule has 2 N–H and O–H groups in total. The molecule has 2 aliphatic rings. The van der Waals surface area contributed by atoms with Crippen LogP contribution in [-0.2, 0) is 0 Å². The summed E-state index contributed by atoms with van der Waals surface area (Å²) >= 11 is 0.982. The Labute approximate surface area is 118 Å². The lowest BCUT2D eigenvalue weighted by Gasteiger charge is -2.36. The highest BCUT2D eigenvalue weighted by Crippen LogP contribution is 2.21. The minimum Gasteiger partial charge on any atom is -0.477 e. The number of nitrogens with zero attached hydrogens (tertiary/aromatic N) is 2. The van der Waals surface area contributed by atoms with E-state index in [1.54, 1.807) is 15.9 Å². The number of amides is 3. The molecule has 1 atom stereocenters. The van der Waals surface area contributed by atoms with Crippen LogP contribution in [0, 0.1) is 0 Å². The van der Waals surface area contributed by atoms with Crippen LogP contribution < -0.4 is 5.32 Å². The van der Waals surface area contributed by atoms with Crippen LogP contribution >= 0.6 is 11.3 Å². The third-order valence-corrected chi connectivity index (χ3v) is 4.61. The Hall–Kier alpha value is -2.09. The molecule has 1 aromatic rings. The minimum absolute atomic E-state index is 0.0131. The van der Waals surface area contributed by atoms with Crippen LogP contribution in [0.15, 0.2) is 12.1 Å². The van der Waals surface area contributed by atoms with E-state index >= 15 is 0 Å². The minimum atomic E-state index is -1.02. The summed E-state index contributed by atoms with van der Waals surface area (Å²) in [5.74, 6) is -1.19. The van der Waals surface area contributed by atoms with Gasteiger partial charge >= 0.3 is 12.0 Å². The van der Waals surface area contributed by atoms with E-state index in [1.807, 2.05) is 0 Å². The standard InChI is InChI=1S/C12H13N3O4S/c16-10(8-1-2-9(20-8)11(17)18)14-3-4-15-7(6-14)5-13-12(15)19/h1-2,7H,3-6H2,(H,13,19)(H,17,18). The fraction of sp³-hybridized carbons (Fsp3) is 0.417. The molecular weight excluding hydrogens is 282 g/mol. The van der Waals surface area contributed by atoms with Crippen molar-refractivity contribution in [2.24, 2.45) is 0 Å². The topological polar surface area (TPSA) is 90.0 Å². The van der Waals surface area contributed by atoms with Crippen LogP contribution in [-0.4, -0.2) is 65.0 Å². The average Bonchev–Trinajstić information content (AvgIpc) is 3.05. The van der Waals surface area contributed by atoms with Gasteiger partial charge in [-0.2, -0.15) is 0 Å². The summed E-state index contributed by atoms with van der Waals surface area (Å²) in [7, 11) is 0. The zero-order valence-corrected chi connectivity index (χ0v) is 11.4. The number of fused-ring (bicyclic) bond motifs is 1. The second-order valence-corrected chi connectivity index (χ2v) is 5.84. The Balaban J connectivity index is 1.71. The highest BCUT2D eigenvalue weighted by molar-refractivity contribution is 7.15. The first-order valence-corrected chi connectivity index (χ1v) is 7.05. The highest BCUT2D eigenvalue weighted by Gasteiger charge is 2.37. The van der Waals surface area contributed by atoms with Crippen molar-refractivity contribution >= 4 is 29.2 Å². The van der Waals surface area contributed by atoms with Gasteiger partial charge in [0.1, 0.15) is 4.88 Å². The number of hydrogen-bond donors (Lipinski definition) is 2. The van der Waals surface area contributed by atoms with E-state index in [1.165, 1.54) is 6.07 Å². The number of carbonyl (C=O) groups is 3. The number of thiophene rings is 1. The van der Waals surface area contributed by atoms with Crippen LogP contribution in [0.25, 0.3) is 0 Å². The molecule has 3 heterocycles. The molecule has 0 aliphatic carbocycles. The molecule has 0 spiro atoms. The van der Waals surface area contributed by atoms with Crippen molar-refractivity contribution in [2.45, 2.75) is 6.04 Å². The summed E-state index contributed by atoms with van der Waals surface area (Å²) in [5.41, 5.74) is 0. The number of carbonyl (C=O) groups excluding carboxylic acids is 2. The number of rotatable bonds is 2. The van der Waals surface area contributed by atoms with E-state index in [2.05, 4.69) is 5.32 Å². The van der Waals surface area contributed by atoms with E-state index in [0.717, 1.165) is 11.3 Å². The normalized spacial score (nSPS) is 21.6. The maximum atomic E-state index is 12.3. The van der Waals surface area contributed by atoms with Gasteiger partial charge in [0.25, 0.3) is 5.91 Å². The van der Waals surface area contributed by atoms with Crippen LogP contribution in [0.3, 0.4) is 0 Å². The first-order chi connectivity index (χ1) is 9.56. The molecule has 7 nitrogen and oxygen atoms in total. The molecule has 2 aliphatic heterocycles. The molecule has 20 heavy (non-hydrogen) atoms. The predicted molar refractivity (Wildman–Crippen MR) is 71.1 cm³/mol. The second-order valence-electron chi connectivity index (χ2n) is 4.75. The van der Waals surface area contributed by atoms with Gasteiger partial charge in [-0.3, -0.25) is 4.79 Å². The second kappa shape index (κ2) is 4.78. The summed E-state index contributed by atoms with van der Waals surface area (Å²) in [6, 6.07) is 2.92. The number of urea groups is 1. The van der Waals surface area contributed by atoms with E-state index in [0.29, 0.717) is 31.1 Å². The third kappa shape index (κ3) is 2.11. The Bertz CT molecular complexity index is 585. The maximum absolute atomic E-state index is 12.3. The SMILES string of the molecule is O=C(O)c1ccc(C(=O)N2CCN3C(=O)NCC3C2)s1. The molecule has 3 rings (SSSR count). The predicted octanol–water partition coefficient (Wildman–Crippen LogP) is 0.296. The summed E-state index contributed by atoms with van der Waals surface area (Å²) in [6.45, 7) is 2.02. The highest BCUT2D eigenvalue weighted by atomic mass is 32.1. The first-order valence-electron chi connectivity index (χ1n) is 6.23. The van der Waals surface area contributed by atoms with Crippen molar-refractivity contribution < 1.29 is 19.5 Å². The lowest BCUT2D eigenvalue weighted by atomic mass is 10.2. The summed E-state index contributed by atoms with van der Waals surface area (Å²) in [5, 5.41) is 11.6. The monoisotopic (exact) mass is 295 g/mol. The molecule has 0 saturated carbocycles. The summed E-state index contributed by atoms with van der Waals surface area (Å²) in [4.78, 5) is 38.6. The van der Waals surface area contributed by atoms with Gasteiger partial charge in [-0.05, 0) is 12.1 Å². The average molecular weight is 295 g/mol. The lowest BCUT2D eigenvalue weighted by Crippen LogP contribution is -2.53. The molecule has 2 saturated heterocycles.